The normalized spacial score (nSPS) is 21.8. The van der Waals surface area contributed by atoms with Crippen LogP contribution in [0.3, 0.4) is 0 Å². The molecule has 5 nitrogen and oxygen atoms in total. The predicted octanol–water partition coefficient (Wildman–Crippen LogP) is 3.21. The van der Waals surface area contributed by atoms with E-state index in [-0.39, 0.29) is 17.4 Å². The lowest BCUT2D eigenvalue weighted by atomic mass is 9.81. The van der Waals surface area contributed by atoms with Crippen molar-refractivity contribution >= 4 is 0 Å². The highest BCUT2D eigenvalue weighted by molar-refractivity contribution is 5.30. The predicted molar refractivity (Wildman–Crippen MR) is 88.5 cm³/mol. The molecule has 2 rings (SSSR count). The van der Waals surface area contributed by atoms with E-state index in [2.05, 4.69) is 31.2 Å². The number of nitrogens with zero attached hydrogens (tertiary/aromatic N) is 2. The molecule has 25 heavy (non-hydrogen) atoms. The molecule has 1 aliphatic rings. The van der Waals surface area contributed by atoms with Gasteiger partial charge in [-0.15, -0.1) is 0 Å². The zero-order valence-electron chi connectivity index (χ0n) is 15.5. The van der Waals surface area contributed by atoms with Crippen molar-refractivity contribution in [3.63, 3.8) is 0 Å². The SMILES string of the molecule is Cc1nn(C)c(OCC(F)(F)F)c1CNC[C@H]1CCO[C@@H]1C(C)(C)C. The van der Waals surface area contributed by atoms with E-state index in [1.54, 1.807) is 14.0 Å². The molecule has 1 fully saturated rings. The van der Waals surface area contributed by atoms with Gasteiger partial charge < -0.3 is 14.8 Å². The summed E-state index contributed by atoms with van der Waals surface area (Å²) in [4.78, 5) is 0. The van der Waals surface area contributed by atoms with Crippen molar-refractivity contribution in [2.24, 2.45) is 18.4 Å². The third-order valence-corrected chi connectivity index (χ3v) is 4.44. The maximum atomic E-state index is 12.4. The molecule has 8 heteroatoms. The second-order valence-electron chi connectivity index (χ2n) is 7.73. The van der Waals surface area contributed by atoms with Crippen LogP contribution >= 0.6 is 0 Å². The highest BCUT2D eigenvalue weighted by atomic mass is 19.4. The van der Waals surface area contributed by atoms with Crippen LogP contribution in [0.2, 0.25) is 0 Å². The first-order valence-corrected chi connectivity index (χ1v) is 8.53. The second kappa shape index (κ2) is 7.53. The second-order valence-corrected chi connectivity index (χ2v) is 7.73. The van der Waals surface area contributed by atoms with Gasteiger partial charge in [-0.3, -0.25) is 0 Å². The average Bonchev–Trinajstić information content (AvgIpc) is 3.01. The Kier molecular flexibility index (Phi) is 6.04. The van der Waals surface area contributed by atoms with E-state index in [4.69, 9.17) is 9.47 Å². The lowest BCUT2D eigenvalue weighted by Gasteiger charge is -2.31. The Bertz CT molecular complexity index is 579. The van der Waals surface area contributed by atoms with Crippen LogP contribution in [0.25, 0.3) is 0 Å². The van der Waals surface area contributed by atoms with Gasteiger partial charge in [-0.1, -0.05) is 20.8 Å². The van der Waals surface area contributed by atoms with Gasteiger partial charge in [-0.2, -0.15) is 18.3 Å². The van der Waals surface area contributed by atoms with Crippen LogP contribution < -0.4 is 10.1 Å². The Morgan fingerprint density at radius 2 is 2.00 bits per heavy atom. The molecule has 1 aromatic rings. The van der Waals surface area contributed by atoms with Crippen molar-refractivity contribution in [1.29, 1.82) is 0 Å². The molecular formula is C17H28F3N3O2. The number of aryl methyl sites for hydroxylation is 2. The van der Waals surface area contributed by atoms with Crippen molar-refractivity contribution in [3.05, 3.63) is 11.3 Å². The third-order valence-electron chi connectivity index (χ3n) is 4.44. The van der Waals surface area contributed by atoms with Crippen LogP contribution in [0, 0.1) is 18.3 Å². The molecule has 0 aliphatic carbocycles. The minimum Gasteiger partial charge on any atom is -0.468 e. The molecule has 0 spiro atoms. The van der Waals surface area contributed by atoms with E-state index < -0.39 is 12.8 Å². The van der Waals surface area contributed by atoms with Crippen LogP contribution in [0.5, 0.6) is 5.88 Å². The quantitative estimate of drug-likeness (QED) is 0.843. The number of halogens is 3. The maximum Gasteiger partial charge on any atom is 0.422 e. The molecule has 0 saturated carbocycles. The molecule has 0 aromatic carbocycles. The summed E-state index contributed by atoms with van der Waals surface area (Å²) in [5.74, 6) is 0.550. The summed E-state index contributed by atoms with van der Waals surface area (Å²) in [6.07, 6.45) is -3.21. The number of alkyl halides is 3. The van der Waals surface area contributed by atoms with Crippen LogP contribution in [0.1, 0.15) is 38.4 Å². The highest BCUT2D eigenvalue weighted by Gasteiger charge is 2.37. The monoisotopic (exact) mass is 363 g/mol. The summed E-state index contributed by atoms with van der Waals surface area (Å²) in [7, 11) is 1.59. The average molecular weight is 363 g/mol. The van der Waals surface area contributed by atoms with Crippen molar-refractivity contribution in [2.45, 2.75) is 52.9 Å². The number of nitrogens with one attached hydrogen (secondary N) is 1. The largest absolute Gasteiger partial charge is 0.468 e. The number of hydrogen-bond acceptors (Lipinski definition) is 4. The maximum absolute atomic E-state index is 12.4. The fourth-order valence-corrected chi connectivity index (χ4v) is 3.40. The molecule has 2 atom stereocenters. The van der Waals surface area contributed by atoms with Crippen molar-refractivity contribution in [1.82, 2.24) is 15.1 Å². The zero-order valence-corrected chi connectivity index (χ0v) is 15.5. The molecule has 144 valence electrons. The molecule has 1 aliphatic heterocycles. The van der Waals surface area contributed by atoms with E-state index in [1.807, 2.05) is 0 Å². The molecule has 1 aromatic heterocycles. The van der Waals surface area contributed by atoms with Crippen LogP contribution in [-0.4, -0.2) is 41.8 Å². The summed E-state index contributed by atoms with van der Waals surface area (Å²) in [6, 6.07) is 0. The molecule has 1 N–H and O–H groups in total. The third kappa shape index (κ3) is 5.34. The lowest BCUT2D eigenvalue weighted by molar-refractivity contribution is -0.154. The van der Waals surface area contributed by atoms with Crippen LogP contribution in [-0.2, 0) is 18.3 Å². The van der Waals surface area contributed by atoms with Gasteiger partial charge in [0, 0.05) is 32.7 Å². The smallest absolute Gasteiger partial charge is 0.422 e. The number of ether oxygens (including phenoxy) is 2. The summed E-state index contributed by atoms with van der Waals surface area (Å²) in [5.41, 5.74) is 1.40. The molecule has 2 heterocycles. The van der Waals surface area contributed by atoms with Crippen LogP contribution in [0.15, 0.2) is 0 Å². The number of aromatic nitrogens is 2. The first kappa shape index (κ1) is 20.0. The Morgan fingerprint density at radius 3 is 2.60 bits per heavy atom. The molecule has 1 saturated heterocycles. The Morgan fingerprint density at radius 1 is 1.32 bits per heavy atom. The highest BCUT2D eigenvalue weighted by Crippen LogP contribution is 2.34. The van der Waals surface area contributed by atoms with Gasteiger partial charge >= 0.3 is 6.18 Å². The first-order valence-electron chi connectivity index (χ1n) is 8.53. The van der Waals surface area contributed by atoms with Gasteiger partial charge in [-0.05, 0) is 18.8 Å². The van der Waals surface area contributed by atoms with Gasteiger partial charge in [0.05, 0.1) is 17.4 Å². The molecule has 0 radical (unpaired) electrons. The Hall–Kier alpha value is -1.28. The topological polar surface area (TPSA) is 48.3 Å². The summed E-state index contributed by atoms with van der Waals surface area (Å²) in [6.45, 7) is 8.84. The Balaban J connectivity index is 1.96. The van der Waals surface area contributed by atoms with E-state index in [1.165, 1.54) is 4.68 Å². The van der Waals surface area contributed by atoms with Crippen molar-refractivity contribution < 1.29 is 22.6 Å². The minimum atomic E-state index is -4.37. The van der Waals surface area contributed by atoms with E-state index >= 15 is 0 Å². The molecular weight excluding hydrogens is 335 g/mol. The van der Waals surface area contributed by atoms with Gasteiger partial charge in [-0.25, -0.2) is 4.68 Å². The Labute approximate surface area is 146 Å². The number of hydrogen-bond donors (Lipinski definition) is 1. The van der Waals surface area contributed by atoms with Gasteiger partial charge in [0.25, 0.3) is 0 Å². The van der Waals surface area contributed by atoms with Gasteiger partial charge in [0.2, 0.25) is 5.88 Å². The van der Waals surface area contributed by atoms with E-state index in [9.17, 15) is 13.2 Å². The molecule has 0 unspecified atom stereocenters. The zero-order chi connectivity index (χ0) is 18.8. The molecule has 0 amide bonds. The standard InChI is InChI=1S/C17H28F3N3O2/c1-11-13(15(23(5)22-11)25-10-17(18,19)20)9-21-8-12-6-7-24-14(12)16(2,3)4/h12,14,21H,6-10H2,1-5H3/t12-,14+/m1/s1. The van der Waals surface area contributed by atoms with Crippen molar-refractivity contribution in [2.75, 3.05) is 19.8 Å². The first-order chi connectivity index (χ1) is 11.5. The van der Waals surface area contributed by atoms with Crippen LogP contribution in [0.4, 0.5) is 13.2 Å². The van der Waals surface area contributed by atoms with Crippen molar-refractivity contribution in [3.8, 4) is 5.88 Å². The lowest BCUT2D eigenvalue weighted by Crippen LogP contribution is -2.36. The minimum absolute atomic E-state index is 0.0635. The molecule has 0 bridgehead atoms. The fourth-order valence-electron chi connectivity index (χ4n) is 3.40. The summed E-state index contributed by atoms with van der Waals surface area (Å²) in [5, 5.41) is 7.52. The summed E-state index contributed by atoms with van der Waals surface area (Å²) >= 11 is 0. The van der Waals surface area contributed by atoms with Gasteiger partial charge in [0.15, 0.2) is 6.61 Å². The van der Waals surface area contributed by atoms with E-state index in [0.29, 0.717) is 23.7 Å². The number of rotatable bonds is 6. The summed E-state index contributed by atoms with van der Waals surface area (Å²) < 4.78 is 49.5. The van der Waals surface area contributed by atoms with Gasteiger partial charge in [0.1, 0.15) is 0 Å². The van der Waals surface area contributed by atoms with E-state index in [0.717, 1.165) is 19.6 Å². The fraction of sp³-hybridized carbons (Fsp3) is 0.824.